The maximum absolute atomic E-state index is 6.69. The quantitative estimate of drug-likeness (QED) is 0.170. The normalized spacial score (nSPS) is 24.7. The molecular weight excluding hydrogens is 601 g/mol. The molecule has 0 saturated carbocycles. The third-order valence-corrected chi connectivity index (χ3v) is 8.32. The second kappa shape index (κ2) is 14.2. The van der Waals surface area contributed by atoms with Crippen LogP contribution in [0.5, 0.6) is 0 Å². The van der Waals surface area contributed by atoms with Crippen LogP contribution in [0, 0.1) is 0 Å². The molecule has 2 heterocycles. The average molecular weight is 635 g/mol. The molecule has 4 aromatic rings. The molecule has 228 valence electrons. The average Bonchev–Trinajstić information content (AvgIpc) is 3.47. The summed E-state index contributed by atoms with van der Waals surface area (Å²) in [5, 5.41) is 5.35. The highest BCUT2D eigenvalue weighted by Gasteiger charge is 2.62. The molecule has 0 aliphatic carbocycles. The summed E-state index contributed by atoms with van der Waals surface area (Å²) in [5.74, 6) is -1.42. The molecule has 1 spiro atoms. The molecule has 0 amide bonds. The molecule has 6 rings (SSSR count). The Hall–Kier alpha value is -3.27. The number of rotatable bonds is 11. The first kappa shape index (κ1) is 30.7. The monoisotopic (exact) mass is 633 g/mol. The molecule has 0 unspecified atom stereocenters. The summed E-state index contributed by atoms with van der Waals surface area (Å²) < 4.78 is 32.4. The first-order valence-electron chi connectivity index (χ1n) is 14.4. The van der Waals surface area contributed by atoms with Crippen molar-refractivity contribution in [3.8, 4) is 0 Å². The van der Waals surface area contributed by atoms with Gasteiger partial charge in [-0.2, -0.15) is 0 Å². The maximum Gasteiger partial charge on any atom is 0.273 e. The molecule has 9 heteroatoms. The van der Waals surface area contributed by atoms with E-state index in [-0.39, 0.29) is 13.0 Å². The molecule has 2 aliphatic heterocycles. The fraction of sp³-hybridized carbons (Fsp3) is 0.286. The van der Waals surface area contributed by atoms with Crippen molar-refractivity contribution in [2.24, 2.45) is 5.16 Å². The molecule has 7 nitrogen and oxygen atoms in total. The largest absolute Gasteiger partial charge is 0.368 e. The SMILES string of the molecule is CO[C@H]1O[C@@]2(CC(c3c(Cl)cccc3Cl)=NO2)[C@@H](OCc2ccccc2)[C@H](OCc2ccccc2)[C@H]1OCc1ccccc1. The lowest BCUT2D eigenvalue weighted by atomic mass is 9.90. The van der Waals surface area contributed by atoms with Crippen molar-refractivity contribution in [1.82, 2.24) is 0 Å². The minimum Gasteiger partial charge on any atom is -0.368 e. The van der Waals surface area contributed by atoms with E-state index < -0.39 is 30.4 Å². The number of benzene rings is 4. The van der Waals surface area contributed by atoms with E-state index >= 15 is 0 Å². The molecule has 4 aromatic carbocycles. The summed E-state index contributed by atoms with van der Waals surface area (Å²) in [7, 11) is 1.57. The predicted molar refractivity (Wildman–Crippen MR) is 168 cm³/mol. The van der Waals surface area contributed by atoms with Gasteiger partial charge in [-0.25, -0.2) is 0 Å². The highest BCUT2D eigenvalue weighted by Crippen LogP contribution is 2.44. The van der Waals surface area contributed by atoms with Gasteiger partial charge in [0.2, 0.25) is 0 Å². The molecule has 0 bridgehead atoms. The third-order valence-electron chi connectivity index (χ3n) is 7.69. The van der Waals surface area contributed by atoms with Crippen LogP contribution in [0.25, 0.3) is 0 Å². The first-order valence-corrected chi connectivity index (χ1v) is 15.2. The van der Waals surface area contributed by atoms with Crippen LogP contribution in [0.3, 0.4) is 0 Å². The van der Waals surface area contributed by atoms with E-state index in [9.17, 15) is 0 Å². The number of halogens is 2. The van der Waals surface area contributed by atoms with Gasteiger partial charge in [0.05, 0.1) is 42.0 Å². The zero-order valence-electron chi connectivity index (χ0n) is 24.2. The Morgan fingerprint density at radius 3 is 1.70 bits per heavy atom. The Morgan fingerprint density at radius 1 is 0.682 bits per heavy atom. The van der Waals surface area contributed by atoms with Crippen LogP contribution in [-0.4, -0.2) is 43.2 Å². The summed E-state index contributed by atoms with van der Waals surface area (Å²) in [6, 6.07) is 35.1. The number of hydrogen-bond acceptors (Lipinski definition) is 7. The van der Waals surface area contributed by atoms with E-state index in [1.165, 1.54) is 0 Å². The van der Waals surface area contributed by atoms with Gasteiger partial charge >= 0.3 is 0 Å². The van der Waals surface area contributed by atoms with Crippen molar-refractivity contribution in [3.63, 3.8) is 0 Å². The number of nitrogens with zero attached hydrogens (tertiary/aromatic N) is 1. The Balaban J connectivity index is 1.36. The number of methoxy groups -OCH3 is 1. The van der Waals surface area contributed by atoms with Crippen LogP contribution in [0.15, 0.2) is 114 Å². The Kier molecular flexibility index (Phi) is 9.94. The zero-order valence-corrected chi connectivity index (χ0v) is 25.7. The van der Waals surface area contributed by atoms with Gasteiger partial charge in [-0.1, -0.05) is 125 Å². The summed E-state index contributed by atoms with van der Waals surface area (Å²) in [6.45, 7) is 0.894. The predicted octanol–water partition coefficient (Wildman–Crippen LogP) is 7.57. The highest BCUT2D eigenvalue weighted by atomic mass is 35.5. The van der Waals surface area contributed by atoms with Crippen LogP contribution >= 0.6 is 23.2 Å². The van der Waals surface area contributed by atoms with Crippen molar-refractivity contribution < 1.29 is 28.5 Å². The topological polar surface area (TPSA) is 67.7 Å². The third kappa shape index (κ3) is 6.85. The van der Waals surface area contributed by atoms with E-state index in [4.69, 9.17) is 51.7 Å². The fourth-order valence-corrected chi connectivity index (χ4v) is 6.13. The summed E-state index contributed by atoms with van der Waals surface area (Å²) >= 11 is 13.2. The number of hydrogen-bond donors (Lipinski definition) is 0. The van der Waals surface area contributed by atoms with E-state index in [1.807, 2.05) is 91.0 Å². The molecule has 0 radical (unpaired) electrons. The Labute approximate surface area is 267 Å². The summed E-state index contributed by atoms with van der Waals surface area (Å²) in [6.07, 6.45) is -2.83. The van der Waals surface area contributed by atoms with Gasteiger partial charge in [0.25, 0.3) is 5.79 Å². The minimum atomic E-state index is -1.42. The lowest BCUT2D eigenvalue weighted by Crippen LogP contribution is -2.66. The molecule has 2 aliphatic rings. The van der Waals surface area contributed by atoms with Crippen LogP contribution in [0.2, 0.25) is 10.0 Å². The van der Waals surface area contributed by atoms with Gasteiger partial charge in [0.1, 0.15) is 12.2 Å². The maximum atomic E-state index is 6.69. The smallest absolute Gasteiger partial charge is 0.273 e. The van der Waals surface area contributed by atoms with Crippen molar-refractivity contribution in [1.29, 1.82) is 0 Å². The van der Waals surface area contributed by atoms with Gasteiger partial charge in [-0.05, 0) is 28.8 Å². The van der Waals surface area contributed by atoms with E-state index in [0.717, 1.165) is 16.7 Å². The molecular formula is C35H33Cl2NO6. The first-order chi connectivity index (χ1) is 21.6. The second-order valence-corrected chi connectivity index (χ2v) is 11.5. The Morgan fingerprint density at radius 2 is 1.18 bits per heavy atom. The minimum absolute atomic E-state index is 0.187. The lowest BCUT2D eigenvalue weighted by molar-refractivity contribution is -0.407. The van der Waals surface area contributed by atoms with Crippen molar-refractivity contribution in [3.05, 3.63) is 141 Å². The zero-order chi connectivity index (χ0) is 30.4. The molecule has 0 N–H and O–H groups in total. The van der Waals surface area contributed by atoms with Crippen molar-refractivity contribution >= 4 is 28.9 Å². The lowest BCUT2D eigenvalue weighted by Gasteiger charge is -2.48. The van der Waals surface area contributed by atoms with Gasteiger partial charge in [-0.3, -0.25) is 0 Å². The molecule has 44 heavy (non-hydrogen) atoms. The summed E-state index contributed by atoms with van der Waals surface area (Å²) in [5.41, 5.74) is 4.10. The van der Waals surface area contributed by atoms with E-state index in [1.54, 1.807) is 25.3 Å². The van der Waals surface area contributed by atoms with Crippen molar-refractivity contribution in [2.45, 2.75) is 56.6 Å². The van der Waals surface area contributed by atoms with E-state index in [2.05, 4.69) is 5.16 Å². The summed E-state index contributed by atoms with van der Waals surface area (Å²) in [4.78, 5) is 6.19. The van der Waals surface area contributed by atoms with Gasteiger partial charge in [-0.15, -0.1) is 0 Å². The van der Waals surface area contributed by atoms with Crippen LogP contribution in [-0.2, 0) is 48.3 Å². The number of oxime groups is 1. The van der Waals surface area contributed by atoms with Gasteiger partial charge in [0, 0.05) is 12.7 Å². The molecule has 5 atom stereocenters. The molecule has 1 saturated heterocycles. The van der Waals surface area contributed by atoms with Gasteiger partial charge < -0.3 is 28.5 Å². The van der Waals surface area contributed by atoms with Crippen LogP contribution in [0.1, 0.15) is 28.7 Å². The van der Waals surface area contributed by atoms with Crippen LogP contribution < -0.4 is 0 Å². The fourth-order valence-electron chi connectivity index (χ4n) is 5.52. The second-order valence-electron chi connectivity index (χ2n) is 10.7. The molecule has 0 aromatic heterocycles. The van der Waals surface area contributed by atoms with Gasteiger partial charge in [0.15, 0.2) is 12.4 Å². The number of ether oxygens (including phenoxy) is 5. The molecule has 1 fully saturated rings. The van der Waals surface area contributed by atoms with Crippen LogP contribution in [0.4, 0.5) is 0 Å². The standard InChI is InChI=1S/C35H33Cl2NO6/c1-39-34-32(41-22-25-14-7-3-8-15-25)31(40-21-24-12-5-2-6-13-24)33(42-23-26-16-9-4-10-17-26)35(43-34)20-29(38-44-35)30-27(36)18-11-19-28(30)37/h2-19,31-34H,20-23H2,1H3/t31-,32-,33+,34+,35-/m1/s1. The highest BCUT2D eigenvalue weighted by molar-refractivity contribution is 6.40. The van der Waals surface area contributed by atoms with Crippen molar-refractivity contribution in [2.75, 3.05) is 7.11 Å². The van der Waals surface area contributed by atoms with E-state index in [0.29, 0.717) is 34.5 Å². The Bertz CT molecular complexity index is 1520.